The van der Waals surface area contributed by atoms with Crippen molar-refractivity contribution in [2.75, 3.05) is 12.8 Å². The molecule has 0 amide bonds. The predicted octanol–water partition coefficient (Wildman–Crippen LogP) is 3.66. The Labute approximate surface area is 179 Å². The molecule has 30 heavy (non-hydrogen) atoms. The molecule has 164 valence electrons. The van der Waals surface area contributed by atoms with Crippen LogP contribution in [0.1, 0.15) is 44.2 Å². The summed E-state index contributed by atoms with van der Waals surface area (Å²) in [6.45, 7) is 5.83. The van der Waals surface area contributed by atoms with E-state index in [-0.39, 0.29) is 30.0 Å². The molecular weight excluding hydrogens is 402 g/mol. The summed E-state index contributed by atoms with van der Waals surface area (Å²) in [7, 11) is -3.59. The van der Waals surface area contributed by atoms with E-state index in [2.05, 4.69) is 0 Å². The standard InChI is InChI=1S/C23H31NO5S/c1-23(2,3)28-22(25)15-19(16-24)21(14-17-8-6-5-7-9-17)18-10-12-20(13-11-18)29-30(4,26)27/h5-13,19,21H,14-16,24H2,1-4H3. The second-order valence-electron chi connectivity index (χ2n) is 8.44. The molecule has 0 heterocycles. The van der Waals surface area contributed by atoms with Crippen molar-refractivity contribution in [2.24, 2.45) is 11.7 Å². The van der Waals surface area contributed by atoms with E-state index >= 15 is 0 Å². The average Bonchev–Trinajstić information content (AvgIpc) is 2.63. The Kier molecular flexibility index (Phi) is 8.03. The molecule has 0 saturated carbocycles. The van der Waals surface area contributed by atoms with Crippen LogP contribution in [-0.4, -0.2) is 32.8 Å². The zero-order valence-corrected chi connectivity index (χ0v) is 18.8. The quantitative estimate of drug-likeness (QED) is 0.479. The molecule has 2 N–H and O–H groups in total. The van der Waals surface area contributed by atoms with Gasteiger partial charge in [-0.3, -0.25) is 4.79 Å². The smallest absolute Gasteiger partial charge is 0.306 e. The van der Waals surface area contributed by atoms with Crippen molar-refractivity contribution in [3.8, 4) is 5.75 Å². The van der Waals surface area contributed by atoms with Crippen LogP contribution in [0.2, 0.25) is 0 Å². The Morgan fingerprint density at radius 2 is 1.63 bits per heavy atom. The summed E-state index contributed by atoms with van der Waals surface area (Å²) in [5, 5.41) is 0. The van der Waals surface area contributed by atoms with Crippen molar-refractivity contribution < 1.29 is 22.1 Å². The summed E-state index contributed by atoms with van der Waals surface area (Å²) in [6, 6.07) is 16.9. The van der Waals surface area contributed by atoms with Crippen molar-refractivity contribution in [2.45, 2.75) is 45.1 Å². The zero-order valence-electron chi connectivity index (χ0n) is 18.0. The number of ether oxygens (including phenoxy) is 1. The van der Waals surface area contributed by atoms with E-state index in [1.54, 1.807) is 12.1 Å². The molecule has 0 aliphatic carbocycles. The summed E-state index contributed by atoms with van der Waals surface area (Å²) < 4.78 is 33.2. The summed E-state index contributed by atoms with van der Waals surface area (Å²) in [6.07, 6.45) is 1.90. The van der Waals surface area contributed by atoms with Crippen LogP contribution in [0.5, 0.6) is 5.75 Å². The number of esters is 1. The van der Waals surface area contributed by atoms with Gasteiger partial charge in [0.15, 0.2) is 0 Å². The third kappa shape index (κ3) is 8.16. The van der Waals surface area contributed by atoms with Gasteiger partial charge in [-0.15, -0.1) is 0 Å². The lowest BCUT2D eigenvalue weighted by molar-refractivity contribution is -0.156. The maximum absolute atomic E-state index is 12.5. The van der Waals surface area contributed by atoms with Crippen LogP contribution >= 0.6 is 0 Å². The molecule has 0 bridgehead atoms. The fourth-order valence-electron chi connectivity index (χ4n) is 3.36. The Morgan fingerprint density at radius 3 is 2.13 bits per heavy atom. The third-order valence-electron chi connectivity index (χ3n) is 4.57. The first-order chi connectivity index (χ1) is 14.0. The minimum absolute atomic E-state index is 0.0443. The number of carbonyl (C=O) groups is 1. The van der Waals surface area contributed by atoms with Gasteiger partial charge in [-0.2, -0.15) is 8.42 Å². The molecule has 0 saturated heterocycles. The van der Waals surface area contributed by atoms with Crippen molar-refractivity contribution in [3.05, 3.63) is 65.7 Å². The molecule has 0 fully saturated rings. The first-order valence-electron chi connectivity index (χ1n) is 9.92. The van der Waals surface area contributed by atoms with Crippen LogP contribution in [0.3, 0.4) is 0 Å². The van der Waals surface area contributed by atoms with Gasteiger partial charge >= 0.3 is 16.1 Å². The molecule has 0 aliphatic rings. The first kappa shape index (κ1) is 23.9. The highest BCUT2D eigenvalue weighted by molar-refractivity contribution is 7.86. The van der Waals surface area contributed by atoms with E-state index in [9.17, 15) is 13.2 Å². The van der Waals surface area contributed by atoms with Crippen LogP contribution in [0.15, 0.2) is 54.6 Å². The molecule has 2 aromatic rings. The molecule has 6 nitrogen and oxygen atoms in total. The largest absolute Gasteiger partial charge is 0.460 e. The summed E-state index contributed by atoms with van der Waals surface area (Å²) in [5.41, 5.74) is 7.60. The van der Waals surface area contributed by atoms with Crippen LogP contribution in [-0.2, 0) is 26.1 Å². The summed E-state index contributed by atoms with van der Waals surface area (Å²) in [5.74, 6) is -0.219. The summed E-state index contributed by atoms with van der Waals surface area (Å²) in [4.78, 5) is 12.5. The minimum Gasteiger partial charge on any atom is -0.460 e. The maximum Gasteiger partial charge on any atom is 0.306 e. The number of nitrogens with two attached hydrogens (primary N) is 1. The number of hydrogen-bond acceptors (Lipinski definition) is 6. The monoisotopic (exact) mass is 433 g/mol. The van der Waals surface area contributed by atoms with E-state index in [1.807, 2.05) is 63.2 Å². The SMILES string of the molecule is CC(C)(C)OC(=O)CC(CN)C(Cc1ccccc1)c1ccc(OS(C)(=O)=O)cc1. The highest BCUT2D eigenvalue weighted by atomic mass is 32.2. The minimum atomic E-state index is -3.59. The normalized spacial score (nSPS) is 14.0. The Morgan fingerprint density at radius 1 is 1.03 bits per heavy atom. The van der Waals surface area contributed by atoms with Gasteiger partial charge in [0.25, 0.3) is 0 Å². The van der Waals surface area contributed by atoms with Crippen LogP contribution in [0, 0.1) is 5.92 Å². The lowest BCUT2D eigenvalue weighted by atomic mass is 9.80. The van der Waals surface area contributed by atoms with Crippen molar-refractivity contribution in [1.82, 2.24) is 0 Å². The molecule has 2 aromatic carbocycles. The highest BCUT2D eigenvalue weighted by Crippen LogP contribution is 2.32. The topological polar surface area (TPSA) is 95.7 Å². The maximum atomic E-state index is 12.5. The van der Waals surface area contributed by atoms with Crippen LogP contribution < -0.4 is 9.92 Å². The van der Waals surface area contributed by atoms with Gasteiger partial charge in [0.2, 0.25) is 0 Å². The number of hydrogen-bond donors (Lipinski definition) is 1. The van der Waals surface area contributed by atoms with E-state index in [1.165, 1.54) is 0 Å². The fourth-order valence-corrected chi connectivity index (χ4v) is 3.82. The number of benzene rings is 2. The highest BCUT2D eigenvalue weighted by Gasteiger charge is 2.27. The third-order valence-corrected chi connectivity index (χ3v) is 5.07. The first-order valence-corrected chi connectivity index (χ1v) is 11.7. The molecule has 0 aliphatic heterocycles. The lowest BCUT2D eigenvalue weighted by Gasteiger charge is -2.28. The van der Waals surface area contributed by atoms with E-state index < -0.39 is 15.7 Å². The van der Waals surface area contributed by atoms with E-state index in [0.29, 0.717) is 13.0 Å². The molecule has 2 unspecified atom stereocenters. The summed E-state index contributed by atoms with van der Waals surface area (Å²) >= 11 is 0. The number of carbonyl (C=O) groups excluding carboxylic acids is 1. The second-order valence-corrected chi connectivity index (χ2v) is 10.0. The van der Waals surface area contributed by atoms with Gasteiger partial charge in [-0.25, -0.2) is 0 Å². The van der Waals surface area contributed by atoms with Crippen LogP contribution in [0.4, 0.5) is 0 Å². The molecule has 2 rings (SSSR count). The molecule has 2 atom stereocenters. The Hall–Kier alpha value is -2.38. The number of rotatable bonds is 9. The second kappa shape index (κ2) is 10.1. The fraction of sp³-hybridized carbons (Fsp3) is 0.435. The molecule has 0 spiro atoms. The Balaban J connectivity index is 2.30. The van der Waals surface area contributed by atoms with E-state index in [0.717, 1.165) is 17.4 Å². The average molecular weight is 434 g/mol. The van der Waals surface area contributed by atoms with Crippen LogP contribution in [0.25, 0.3) is 0 Å². The van der Waals surface area contributed by atoms with Gasteiger partial charge in [0.1, 0.15) is 11.4 Å². The molecule has 0 radical (unpaired) electrons. The van der Waals surface area contributed by atoms with E-state index in [4.69, 9.17) is 14.7 Å². The van der Waals surface area contributed by atoms with Crippen molar-refractivity contribution >= 4 is 16.1 Å². The lowest BCUT2D eigenvalue weighted by Crippen LogP contribution is -2.30. The van der Waals surface area contributed by atoms with Gasteiger partial charge in [0.05, 0.1) is 12.7 Å². The molecular formula is C23H31NO5S. The van der Waals surface area contributed by atoms with Crippen molar-refractivity contribution in [3.63, 3.8) is 0 Å². The molecule has 0 aromatic heterocycles. The predicted molar refractivity (Wildman–Crippen MR) is 118 cm³/mol. The van der Waals surface area contributed by atoms with Gasteiger partial charge in [0, 0.05) is 0 Å². The van der Waals surface area contributed by atoms with Gasteiger partial charge < -0.3 is 14.7 Å². The van der Waals surface area contributed by atoms with Gasteiger partial charge in [-0.1, -0.05) is 42.5 Å². The van der Waals surface area contributed by atoms with Gasteiger partial charge in [-0.05, 0) is 68.8 Å². The molecule has 7 heteroatoms. The van der Waals surface area contributed by atoms with Crippen molar-refractivity contribution in [1.29, 1.82) is 0 Å². The Bertz CT molecular complexity index is 918. The zero-order chi connectivity index (χ0) is 22.4.